The van der Waals surface area contributed by atoms with Crippen LogP contribution < -0.4 is 21.1 Å². The van der Waals surface area contributed by atoms with E-state index >= 15 is 0 Å². The van der Waals surface area contributed by atoms with Gasteiger partial charge in [0, 0.05) is 12.1 Å². The van der Waals surface area contributed by atoms with Crippen LogP contribution in [0.4, 0.5) is 11.6 Å². The maximum atomic E-state index is 11.5. The van der Waals surface area contributed by atoms with E-state index in [0.29, 0.717) is 12.4 Å². The van der Waals surface area contributed by atoms with E-state index in [0.717, 1.165) is 53.9 Å². The average molecular weight is 444 g/mol. The van der Waals surface area contributed by atoms with Gasteiger partial charge < -0.3 is 21.1 Å². The summed E-state index contributed by atoms with van der Waals surface area (Å²) in [6, 6.07) is 18.3. The lowest BCUT2D eigenvalue weighted by atomic mass is 9.91. The molecule has 4 rings (SSSR count). The molecule has 3 aromatic rings. The first-order valence-electron chi connectivity index (χ1n) is 11.2. The van der Waals surface area contributed by atoms with Crippen molar-refractivity contribution >= 4 is 17.5 Å². The van der Waals surface area contributed by atoms with Crippen LogP contribution in [0.2, 0.25) is 0 Å². The van der Waals surface area contributed by atoms with Gasteiger partial charge in [0.1, 0.15) is 30.3 Å². The number of nitrogen functional groups attached to an aromatic ring is 1. The maximum Gasteiger partial charge on any atom is 0.243 e. The second kappa shape index (κ2) is 10.6. The number of benzene rings is 2. The minimum absolute atomic E-state index is 0.117. The maximum absolute atomic E-state index is 11.5. The highest BCUT2D eigenvalue weighted by Crippen LogP contribution is 2.33. The first-order chi connectivity index (χ1) is 16.1. The van der Waals surface area contributed by atoms with Crippen LogP contribution in [0.25, 0.3) is 11.1 Å². The zero-order valence-corrected chi connectivity index (χ0v) is 18.5. The molecule has 4 N–H and O–H groups in total. The predicted octanol–water partition coefficient (Wildman–Crippen LogP) is 4.33. The Labute approximate surface area is 194 Å². The normalized spacial score (nSPS) is 17.7. The number of anilines is 2. The molecule has 1 aliphatic rings. The fourth-order valence-corrected chi connectivity index (χ4v) is 4.09. The van der Waals surface area contributed by atoms with Gasteiger partial charge in [-0.15, -0.1) is 0 Å². The zero-order valence-electron chi connectivity index (χ0n) is 18.5. The number of aromatic nitrogens is 2. The van der Waals surface area contributed by atoms with E-state index < -0.39 is 0 Å². The third kappa shape index (κ3) is 5.88. The lowest BCUT2D eigenvalue weighted by Crippen LogP contribution is -2.39. The highest BCUT2D eigenvalue weighted by molar-refractivity contribution is 5.87. The summed E-state index contributed by atoms with van der Waals surface area (Å²) >= 11 is 0. The Morgan fingerprint density at radius 2 is 1.73 bits per heavy atom. The predicted molar refractivity (Wildman–Crippen MR) is 131 cm³/mol. The second-order valence-corrected chi connectivity index (χ2v) is 8.19. The van der Waals surface area contributed by atoms with E-state index in [1.165, 1.54) is 12.4 Å². The second-order valence-electron chi connectivity index (χ2n) is 8.19. The van der Waals surface area contributed by atoms with Crippen LogP contribution >= 0.6 is 0 Å². The number of rotatable bonds is 8. The van der Waals surface area contributed by atoms with Crippen LogP contribution in [-0.2, 0) is 11.4 Å². The summed E-state index contributed by atoms with van der Waals surface area (Å²) < 4.78 is 5.90. The van der Waals surface area contributed by atoms with E-state index in [-0.39, 0.29) is 18.0 Å². The monoisotopic (exact) mass is 443 g/mol. The molecule has 0 spiro atoms. The summed E-state index contributed by atoms with van der Waals surface area (Å²) in [4.78, 5) is 20.2. The summed E-state index contributed by atoms with van der Waals surface area (Å²) in [6.07, 6.45) is 6.46. The number of ether oxygens (including phenoxy) is 1. The number of carbonyl (C=O) groups excluding carboxylic acids is 1. The molecule has 0 bridgehead atoms. The first kappa shape index (κ1) is 22.3. The van der Waals surface area contributed by atoms with Gasteiger partial charge in [-0.1, -0.05) is 49.0 Å². The van der Waals surface area contributed by atoms with Crippen molar-refractivity contribution in [2.45, 2.75) is 44.4 Å². The summed E-state index contributed by atoms with van der Waals surface area (Å²) in [5.41, 5.74) is 9.07. The molecule has 2 aromatic carbocycles. The van der Waals surface area contributed by atoms with Gasteiger partial charge in [0.25, 0.3) is 0 Å². The standard InChI is InChI=1S/C26H29N5O2/c1-2-23(32)30-20-10-12-21(13-11-20)31-26-24(25(27)28-17-29-26)19-8-14-22(15-9-19)33-16-18-6-4-3-5-7-18/h2-9,14-15,17,20-21H,1,10-13,16H2,(H,30,32)(H3,27,28,29,31). The molecule has 1 saturated carbocycles. The van der Waals surface area contributed by atoms with Gasteiger partial charge >= 0.3 is 0 Å². The molecule has 1 aliphatic carbocycles. The van der Waals surface area contributed by atoms with Crippen molar-refractivity contribution < 1.29 is 9.53 Å². The lowest BCUT2D eigenvalue weighted by molar-refractivity contribution is -0.117. The Bertz CT molecular complexity index is 1080. The van der Waals surface area contributed by atoms with Crippen molar-refractivity contribution in [1.29, 1.82) is 0 Å². The topological polar surface area (TPSA) is 102 Å². The van der Waals surface area contributed by atoms with E-state index in [2.05, 4.69) is 27.2 Å². The number of nitrogens with zero attached hydrogens (tertiary/aromatic N) is 2. The number of amides is 1. The fourth-order valence-electron chi connectivity index (χ4n) is 4.09. The van der Waals surface area contributed by atoms with Crippen LogP contribution in [-0.4, -0.2) is 28.0 Å². The summed E-state index contributed by atoms with van der Waals surface area (Å²) in [5, 5.41) is 6.53. The Balaban J connectivity index is 1.41. The van der Waals surface area contributed by atoms with E-state index in [4.69, 9.17) is 10.5 Å². The minimum atomic E-state index is -0.117. The van der Waals surface area contributed by atoms with E-state index in [1.807, 2.05) is 54.6 Å². The quantitative estimate of drug-likeness (QED) is 0.448. The van der Waals surface area contributed by atoms with Crippen LogP contribution in [0.5, 0.6) is 5.75 Å². The molecular weight excluding hydrogens is 414 g/mol. The van der Waals surface area contributed by atoms with Gasteiger partial charge in [0.15, 0.2) is 0 Å². The number of hydrogen-bond donors (Lipinski definition) is 3. The summed E-state index contributed by atoms with van der Waals surface area (Å²) in [7, 11) is 0. The highest BCUT2D eigenvalue weighted by Gasteiger charge is 2.23. The molecule has 1 fully saturated rings. The number of carbonyl (C=O) groups is 1. The van der Waals surface area contributed by atoms with Gasteiger partial charge in [0.2, 0.25) is 5.91 Å². The number of nitrogens with one attached hydrogen (secondary N) is 2. The van der Waals surface area contributed by atoms with Crippen molar-refractivity contribution in [2.24, 2.45) is 0 Å². The summed E-state index contributed by atoms with van der Waals surface area (Å²) in [6.45, 7) is 4.03. The Kier molecular flexibility index (Phi) is 7.19. The number of hydrogen-bond acceptors (Lipinski definition) is 6. The smallest absolute Gasteiger partial charge is 0.243 e. The highest BCUT2D eigenvalue weighted by atomic mass is 16.5. The number of nitrogens with two attached hydrogens (primary N) is 1. The van der Waals surface area contributed by atoms with Crippen LogP contribution in [0.15, 0.2) is 73.6 Å². The van der Waals surface area contributed by atoms with E-state index in [1.54, 1.807) is 0 Å². The van der Waals surface area contributed by atoms with Gasteiger partial charge in [0.05, 0.1) is 5.56 Å². The molecule has 1 heterocycles. The molecule has 7 heteroatoms. The largest absolute Gasteiger partial charge is 0.489 e. The van der Waals surface area contributed by atoms with Crippen molar-refractivity contribution in [3.8, 4) is 16.9 Å². The molecule has 7 nitrogen and oxygen atoms in total. The van der Waals surface area contributed by atoms with Crippen LogP contribution in [0.1, 0.15) is 31.2 Å². The molecule has 1 aromatic heterocycles. The molecule has 170 valence electrons. The van der Waals surface area contributed by atoms with Crippen molar-refractivity contribution in [1.82, 2.24) is 15.3 Å². The molecule has 0 unspecified atom stereocenters. The minimum Gasteiger partial charge on any atom is -0.489 e. The van der Waals surface area contributed by atoms with E-state index in [9.17, 15) is 4.79 Å². The third-order valence-electron chi connectivity index (χ3n) is 5.87. The van der Waals surface area contributed by atoms with Gasteiger partial charge in [-0.2, -0.15) is 0 Å². The van der Waals surface area contributed by atoms with Gasteiger partial charge in [-0.05, 0) is 55.0 Å². The first-order valence-corrected chi connectivity index (χ1v) is 11.2. The van der Waals surface area contributed by atoms with Gasteiger partial charge in [-0.3, -0.25) is 4.79 Å². The van der Waals surface area contributed by atoms with Crippen LogP contribution in [0.3, 0.4) is 0 Å². The molecule has 0 aliphatic heterocycles. The molecule has 0 atom stereocenters. The lowest BCUT2D eigenvalue weighted by Gasteiger charge is -2.30. The van der Waals surface area contributed by atoms with Crippen LogP contribution in [0, 0.1) is 0 Å². The Hall–Kier alpha value is -3.87. The third-order valence-corrected chi connectivity index (χ3v) is 5.87. The molecule has 0 radical (unpaired) electrons. The Morgan fingerprint density at radius 1 is 1.03 bits per heavy atom. The van der Waals surface area contributed by atoms with Crippen molar-refractivity contribution in [3.05, 3.63) is 79.1 Å². The SMILES string of the molecule is C=CC(=O)NC1CCC(Nc2ncnc(N)c2-c2ccc(OCc3ccccc3)cc2)CC1. The molecule has 1 amide bonds. The average Bonchev–Trinajstić information content (AvgIpc) is 2.85. The Morgan fingerprint density at radius 3 is 2.42 bits per heavy atom. The van der Waals surface area contributed by atoms with Crippen molar-refractivity contribution in [3.63, 3.8) is 0 Å². The molecule has 33 heavy (non-hydrogen) atoms. The molecular formula is C26H29N5O2. The fraction of sp³-hybridized carbons (Fsp3) is 0.269. The van der Waals surface area contributed by atoms with Crippen molar-refractivity contribution in [2.75, 3.05) is 11.1 Å². The molecule has 0 saturated heterocycles. The zero-order chi connectivity index (χ0) is 23.0. The van der Waals surface area contributed by atoms with Gasteiger partial charge in [-0.25, -0.2) is 9.97 Å². The summed E-state index contributed by atoms with van der Waals surface area (Å²) in [5.74, 6) is 1.82.